The molecule has 5 nitrogen and oxygen atoms in total. The highest BCUT2D eigenvalue weighted by molar-refractivity contribution is 5.82. The Morgan fingerprint density at radius 3 is 1.95 bits per heavy atom. The predicted octanol–water partition coefficient (Wildman–Crippen LogP) is 4.73. The largest absolute Gasteiger partial charge is 1.00 e. The van der Waals surface area contributed by atoms with Crippen molar-refractivity contribution in [2.75, 3.05) is 20.6 Å². The fraction of sp³-hybridized carbons (Fsp3) is 0.500. The maximum Gasteiger partial charge on any atom is 0.297 e. The minimum atomic E-state index is -0.103. The summed E-state index contributed by atoms with van der Waals surface area (Å²) in [5, 5.41) is 0. The summed E-state index contributed by atoms with van der Waals surface area (Å²) in [4.78, 5) is 17.7. The number of hydrogen-bond acceptors (Lipinski definition) is 2. The van der Waals surface area contributed by atoms with E-state index in [0.29, 0.717) is 5.69 Å². The van der Waals surface area contributed by atoms with Crippen LogP contribution in [0, 0.1) is 6.92 Å². The summed E-state index contributed by atoms with van der Waals surface area (Å²) >= 11 is 0. The smallest absolute Gasteiger partial charge is 0.297 e. The van der Waals surface area contributed by atoms with Gasteiger partial charge in [-0.25, -0.2) is 9.67 Å². The normalized spacial score (nSPS) is 11.7. The van der Waals surface area contributed by atoms with Crippen LogP contribution in [0.1, 0.15) is 82.4 Å². The summed E-state index contributed by atoms with van der Waals surface area (Å²) in [6, 6.07) is 18.3. The number of unbranched alkanes of at least 4 members (excludes halogenated alkanes) is 9. The molecule has 0 radical (unpaired) electrons. The number of benzene rings is 2. The van der Waals surface area contributed by atoms with E-state index >= 15 is 0 Å². The van der Waals surface area contributed by atoms with Gasteiger partial charge < -0.3 is 17.0 Å². The van der Waals surface area contributed by atoms with Crippen molar-refractivity contribution in [2.45, 2.75) is 78.1 Å². The van der Waals surface area contributed by atoms with E-state index in [-0.39, 0.29) is 22.5 Å². The molecule has 0 amide bonds. The minimum Gasteiger partial charge on any atom is -1.00 e. The van der Waals surface area contributed by atoms with Crippen molar-refractivity contribution in [3.63, 3.8) is 0 Å². The number of para-hydroxylation sites is 1. The van der Waals surface area contributed by atoms with Gasteiger partial charge in [-0.15, -0.1) is 0 Å². The van der Waals surface area contributed by atoms with Crippen molar-refractivity contribution in [1.82, 2.24) is 13.8 Å². The average molecular weight is 584 g/mol. The fourth-order valence-electron chi connectivity index (χ4n) is 4.93. The number of aliphatic imine (C=N–C) groups is 1. The van der Waals surface area contributed by atoms with Crippen LogP contribution in [0.25, 0.3) is 5.69 Å². The molecule has 0 saturated heterocycles. The molecule has 0 saturated carbocycles. The number of nitrogens with zero attached hydrogens (tertiary/aromatic N) is 4. The quantitative estimate of drug-likeness (QED) is 0.145. The third-order valence-corrected chi connectivity index (χ3v) is 7.53. The van der Waals surface area contributed by atoms with Crippen molar-refractivity contribution < 1.29 is 17.0 Å². The first-order chi connectivity index (χ1) is 17.8. The van der Waals surface area contributed by atoms with Crippen molar-refractivity contribution in [2.24, 2.45) is 12.0 Å². The van der Waals surface area contributed by atoms with Crippen LogP contribution in [0.2, 0.25) is 0 Å². The third-order valence-electron chi connectivity index (χ3n) is 7.53. The van der Waals surface area contributed by atoms with E-state index < -0.39 is 0 Å². The number of hydrogen-bond donors (Lipinski definition) is 0. The van der Waals surface area contributed by atoms with Crippen LogP contribution < -0.4 is 27.0 Å². The molecule has 0 aliphatic heterocycles. The fourth-order valence-corrected chi connectivity index (χ4v) is 4.93. The zero-order chi connectivity index (χ0) is 26.7. The Kier molecular flexibility index (Phi) is 13.3. The first kappa shape index (κ1) is 31.8. The van der Waals surface area contributed by atoms with E-state index in [1.807, 2.05) is 49.0 Å². The summed E-state index contributed by atoms with van der Waals surface area (Å²) < 4.78 is 4.41. The van der Waals surface area contributed by atoms with Crippen LogP contribution in [0.5, 0.6) is 0 Å². The molecule has 0 aliphatic carbocycles. The molecule has 0 fully saturated rings. The molecule has 2 aromatic carbocycles. The zero-order valence-electron chi connectivity index (χ0n) is 24.1. The Hall–Kier alpha value is -2.44. The van der Waals surface area contributed by atoms with Crippen LogP contribution in [-0.2, 0) is 7.05 Å². The molecule has 0 bridgehead atoms. The van der Waals surface area contributed by atoms with Gasteiger partial charge in [0, 0.05) is 13.3 Å². The van der Waals surface area contributed by atoms with Gasteiger partial charge in [-0.1, -0.05) is 76.5 Å². The number of aromatic nitrogens is 2. The topological polar surface area (TPSA) is 39.3 Å². The van der Waals surface area contributed by atoms with Gasteiger partial charge in [0.05, 0.1) is 32.0 Å². The van der Waals surface area contributed by atoms with Crippen LogP contribution in [0.3, 0.4) is 0 Å². The van der Waals surface area contributed by atoms with Gasteiger partial charge in [0.1, 0.15) is 5.69 Å². The van der Waals surface area contributed by atoms with E-state index in [0.717, 1.165) is 28.0 Å². The van der Waals surface area contributed by atoms with Crippen molar-refractivity contribution in [3.8, 4) is 5.69 Å². The number of rotatable bonds is 15. The van der Waals surface area contributed by atoms with Crippen LogP contribution >= 0.6 is 0 Å². The molecule has 0 N–H and O–H groups in total. The second kappa shape index (κ2) is 15.8. The Morgan fingerprint density at radius 1 is 0.816 bits per heavy atom. The van der Waals surface area contributed by atoms with Gasteiger partial charge in [-0.3, -0.25) is 14.0 Å². The lowest BCUT2D eigenvalue weighted by molar-refractivity contribution is -0.00000807. The van der Waals surface area contributed by atoms with Gasteiger partial charge in [-0.2, -0.15) is 0 Å². The Labute approximate surface area is 240 Å². The van der Waals surface area contributed by atoms with Gasteiger partial charge in [0.15, 0.2) is 5.69 Å². The molecular weight excluding hydrogens is 536 g/mol. The molecule has 1 heterocycles. The molecule has 0 atom stereocenters. The molecule has 208 valence electrons. The molecule has 0 aliphatic rings. The molecule has 3 aromatic rings. The average Bonchev–Trinajstić information content (AvgIpc) is 3.11. The zero-order valence-corrected chi connectivity index (χ0v) is 25.7. The molecule has 3 rings (SSSR count). The van der Waals surface area contributed by atoms with Crippen LogP contribution in [0.15, 0.2) is 64.4 Å². The Bertz CT molecular complexity index is 1180. The van der Waals surface area contributed by atoms with Crippen LogP contribution in [0.4, 0.5) is 11.4 Å². The van der Waals surface area contributed by atoms with Crippen molar-refractivity contribution in [3.05, 3.63) is 76.2 Å². The molecule has 0 unspecified atom stereocenters. The Morgan fingerprint density at radius 2 is 1.37 bits per heavy atom. The van der Waals surface area contributed by atoms with Gasteiger partial charge in [0.2, 0.25) is 0 Å². The van der Waals surface area contributed by atoms with E-state index in [1.165, 1.54) is 69.9 Å². The summed E-state index contributed by atoms with van der Waals surface area (Å²) in [6.07, 6.45) is 15.5. The molecule has 6 heteroatoms. The second-order valence-electron chi connectivity index (χ2n) is 10.9. The summed E-state index contributed by atoms with van der Waals surface area (Å²) in [7, 11) is 6.47. The van der Waals surface area contributed by atoms with E-state index in [9.17, 15) is 4.79 Å². The van der Waals surface area contributed by atoms with Crippen molar-refractivity contribution >= 4 is 17.6 Å². The first-order valence-corrected chi connectivity index (χ1v) is 14.2. The lowest BCUT2D eigenvalue weighted by atomic mass is 10.1. The van der Waals surface area contributed by atoms with Gasteiger partial charge in [-0.05, 0) is 61.7 Å². The summed E-state index contributed by atoms with van der Waals surface area (Å²) in [5.74, 6) is 0. The molecule has 38 heavy (non-hydrogen) atoms. The molecular formula is C32H47BrN4O. The van der Waals surface area contributed by atoms with E-state index in [2.05, 4.69) is 50.3 Å². The monoisotopic (exact) mass is 582 g/mol. The first-order valence-electron chi connectivity index (χ1n) is 14.2. The van der Waals surface area contributed by atoms with Gasteiger partial charge in [0.25, 0.3) is 5.56 Å². The number of halogens is 1. The highest BCUT2D eigenvalue weighted by Crippen LogP contribution is 2.22. The highest BCUT2D eigenvalue weighted by atomic mass is 79.9. The summed E-state index contributed by atoms with van der Waals surface area (Å²) in [5.41, 5.74) is 4.36. The predicted molar refractivity (Wildman–Crippen MR) is 160 cm³/mol. The SMILES string of the molecule is CCCCCCCCCCCC[N+](C)(C)c1ccc(C=Nc2c(C)n(C)n(-c3ccccc3)c2=O)cc1.[Br-]. The highest BCUT2D eigenvalue weighted by Gasteiger charge is 2.18. The lowest BCUT2D eigenvalue weighted by Gasteiger charge is -2.29. The molecule has 1 aromatic heterocycles. The van der Waals surface area contributed by atoms with Gasteiger partial charge >= 0.3 is 0 Å². The van der Waals surface area contributed by atoms with Crippen molar-refractivity contribution in [1.29, 1.82) is 0 Å². The third kappa shape index (κ3) is 8.81. The van der Waals surface area contributed by atoms with Crippen LogP contribution in [-0.4, -0.2) is 36.2 Å². The Balaban J connectivity index is 0.00000507. The number of quaternary nitrogens is 1. The van der Waals surface area contributed by atoms with E-state index in [4.69, 9.17) is 0 Å². The summed E-state index contributed by atoms with van der Waals surface area (Å²) in [6.45, 7) is 5.36. The minimum absolute atomic E-state index is 0. The molecule has 0 spiro atoms. The van der Waals surface area contributed by atoms with E-state index in [1.54, 1.807) is 10.9 Å². The standard InChI is InChI=1S/C32H47N4O.BrH/c1-6-7-8-9-10-11-12-13-14-18-25-36(4,5)30-23-21-28(22-24-30)26-33-31-27(2)34(3)35(32(31)37)29-19-16-15-17-20-29;/h15-17,19-24,26H,6-14,18,25H2,1-5H3;1H/q+1;/p-1. The maximum atomic E-state index is 13.1. The second-order valence-corrected chi connectivity index (χ2v) is 10.9. The lowest BCUT2D eigenvalue weighted by Crippen LogP contribution is -3.00. The maximum absolute atomic E-state index is 13.1.